The number of hydrogen-bond acceptors (Lipinski definition) is 4. The van der Waals surface area contributed by atoms with Crippen LogP contribution in [-0.2, 0) is 0 Å². The van der Waals surface area contributed by atoms with Gasteiger partial charge in [-0.3, -0.25) is 4.90 Å². The Morgan fingerprint density at radius 3 is 2.72 bits per heavy atom. The van der Waals surface area contributed by atoms with Gasteiger partial charge in [-0.2, -0.15) is 0 Å². The van der Waals surface area contributed by atoms with E-state index >= 15 is 0 Å². The van der Waals surface area contributed by atoms with E-state index in [0.29, 0.717) is 12.1 Å². The zero-order valence-electron chi connectivity index (χ0n) is 11.6. The van der Waals surface area contributed by atoms with E-state index in [0.717, 1.165) is 6.04 Å². The molecular weight excluding hydrogens is 242 g/mol. The Kier molecular flexibility index (Phi) is 3.43. The molecule has 0 spiro atoms. The van der Waals surface area contributed by atoms with Gasteiger partial charge in [0, 0.05) is 36.1 Å². The Bertz CT molecular complexity index is 425. The maximum Gasteiger partial charge on any atom is 0.0900 e. The zero-order chi connectivity index (χ0) is 12.7. The molecule has 2 atom stereocenters. The molecule has 2 aliphatic rings. The molecule has 1 aromatic rings. The molecule has 1 aliphatic carbocycles. The first kappa shape index (κ1) is 12.6. The van der Waals surface area contributed by atoms with Gasteiger partial charge >= 0.3 is 0 Å². The number of rotatable bonds is 4. The van der Waals surface area contributed by atoms with Gasteiger partial charge in [-0.05, 0) is 40.0 Å². The van der Waals surface area contributed by atoms with Gasteiger partial charge in [-0.25, -0.2) is 4.98 Å². The second kappa shape index (κ2) is 4.91. The molecule has 0 bridgehead atoms. The molecule has 3 rings (SSSR count). The van der Waals surface area contributed by atoms with Crippen molar-refractivity contribution in [2.24, 2.45) is 0 Å². The Labute approximate surface area is 114 Å². The highest BCUT2D eigenvalue weighted by Gasteiger charge is 2.34. The number of thiazole rings is 1. The van der Waals surface area contributed by atoms with Crippen LogP contribution in [0.1, 0.15) is 47.8 Å². The quantitative estimate of drug-likeness (QED) is 0.907. The molecule has 2 heterocycles. The van der Waals surface area contributed by atoms with Crippen molar-refractivity contribution in [3.05, 3.63) is 15.6 Å². The number of nitrogens with one attached hydrogen (secondary N) is 1. The third kappa shape index (κ3) is 2.60. The predicted octanol–water partition coefficient (Wildman–Crippen LogP) is 2.65. The number of hydrogen-bond donors (Lipinski definition) is 1. The minimum atomic E-state index is 0.445. The number of likely N-dealkylation sites (tertiary alicyclic amines) is 1. The summed E-state index contributed by atoms with van der Waals surface area (Å²) in [4.78, 5) is 8.60. The molecule has 0 radical (unpaired) electrons. The van der Waals surface area contributed by atoms with Crippen LogP contribution in [0.15, 0.2) is 0 Å². The first-order valence-corrected chi connectivity index (χ1v) is 7.89. The van der Waals surface area contributed by atoms with Gasteiger partial charge in [0.05, 0.1) is 10.7 Å². The van der Waals surface area contributed by atoms with Crippen molar-refractivity contribution < 1.29 is 0 Å². The van der Waals surface area contributed by atoms with Gasteiger partial charge in [0.2, 0.25) is 0 Å². The summed E-state index contributed by atoms with van der Waals surface area (Å²) in [6.07, 6.45) is 4.16. The molecule has 100 valence electrons. The van der Waals surface area contributed by atoms with Crippen LogP contribution < -0.4 is 5.32 Å². The summed E-state index contributed by atoms with van der Waals surface area (Å²) in [5.74, 6) is 0. The Morgan fingerprint density at radius 1 is 1.33 bits per heavy atom. The van der Waals surface area contributed by atoms with E-state index in [1.54, 1.807) is 0 Å². The summed E-state index contributed by atoms with van der Waals surface area (Å²) in [7, 11) is 0. The summed E-state index contributed by atoms with van der Waals surface area (Å²) in [6.45, 7) is 9.03. The highest BCUT2D eigenvalue weighted by Crippen LogP contribution is 2.31. The second-order valence-corrected chi connectivity index (χ2v) is 7.02. The summed E-state index contributed by atoms with van der Waals surface area (Å²) >= 11 is 1.84. The third-order valence-corrected chi connectivity index (χ3v) is 5.36. The number of aryl methyl sites for hydroxylation is 2. The van der Waals surface area contributed by atoms with E-state index in [1.165, 1.54) is 47.9 Å². The molecule has 1 aromatic heterocycles. The molecule has 3 nitrogen and oxygen atoms in total. The molecule has 1 saturated carbocycles. The lowest BCUT2D eigenvalue weighted by Crippen LogP contribution is -2.34. The summed E-state index contributed by atoms with van der Waals surface area (Å²) in [5.41, 5.74) is 1.20. The highest BCUT2D eigenvalue weighted by atomic mass is 32.1. The fraction of sp³-hybridized carbons (Fsp3) is 0.786. The van der Waals surface area contributed by atoms with Gasteiger partial charge in [0.15, 0.2) is 0 Å². The van der Waals surface area contributed by atoms with Crippen LogP contribution in [0.25, 0.3) is 0 Å². The van der Waals surface area contributed by atoms with Crippen LogP contribution in [-0.4, -0.2) is 35.1 Å². The Hall–Kier alpha value is -0.450. The molecule has 18 heavy (non-hydrogen) atoms. The van der Waals surface area contributed by atoms with Crippen molar-refractivity contribution in [1.29, 1.82) is 0 Å². The fourth-order valence-corrected chi connectivity index (χ4v) is 4.01. The van der Waals surface area contributed by atoms with E-state index < -0.39 is 0 Å². The van der Waals surface area contributed by atoms with Crippen LogP contribution in [0.3, 0.4) is 0 Å². The maximum atomic E-state index is 4.53. The van der Waals surface area contributed by atoms with E-state index in [2.05, 4.69) is 36.0 Å². The first-order valence-electron chi connectivity index (χ1n) is 7.07. The average Bonchev–Trinajstić information content (AvgIpc) is 2.97. The lowest BCUT2D eigenvalue weighted by Gasteiger charge is -2.20. The molecule has 1 saturated heterocycles. The maximum absolute atomic E-state index is 4.53. The molecule has 0 amide bonds. The van der Waals surface area contributed by atoms with E-state index in [1.807, 2.05) is 11.3 Å². The molecule has 2 unspecified atom stereocenters. The van der Waals surface area contributed by atoms with E-state index in [-0.39, 0.29) is 0 Å². The first-order chi connectivity index (χ1) is 8.63. The van der Waals surface area contributed by atoms with Crippen LogP contribution in [0, 0.1) is 13.8 Å². The van der Waals surface area contributed by atoms with Gasteiger partial charge in [0.25, 0.3) is 0 Å². The molecule has 1 N–H and O–H groups in total. The average molecular weight is 265 g/mol. The van der Waals surface area contributed by atoms with Crippen molar-refractivity contribution in [3.63, 3.8) is 0 Å². The van der Waals surface area contributed by atoms with Gasteiger partial charge in [0.1, 0.15) is 0 Å². The van der Waals surface area contributed by atoms with Crippen molar-refractivity contribution in [2.75, 3.05) is 13.1 Å². The highest BCUT2D eigenvalue weighted by molar-refractivity contribution is 7.11. The van der Waals surface area contributed by atoms with Crippen molar-refractivity contribution in [3.8, 4) is 0 Å². The second-order valence-electron chi connectivity index (χ2n) is 5.78. The van der Waals surface area contributed by atoms with Crippen molar-refractivity contribution >= 4 is 11.3 Å². The predicted molar refractivity (Wildman–Crippen MR) is 76.1 cm³/mol. The Morgan fingerprint density at radius 2 is 2.11 bits per heavy atom. The van der Waals surface area contributed by atoms with Gasteiger partial charge in [-0.1, -0.05) is 0 Å². The minimum Gasteiger partial charge on any atom is -0.305 e. The standard InChI is InChI=1S/C14H23N3S/c1-9-14(18-11(3)15-9)10(2)16-12-6-7-17(8-12)13-4-5-13/h10,12-13,16H,4-8H2,1-3H3. The normalized spacial score (nSPS) is 26.7. The largest absolute Gasteiger partial charge is 0.305 e. The van der Waals surface area contributed by atoms with Crippen LogP contribution in [0.4, 0.5) is 0 Å². The molecule has 2 fully saturated rings. The Balaban J connectivity index is 1.57. The van der Waals surface area contributed by atoms with E-state index in [4.69, 9.17) is 0 Å². The molecule has 1 aliphatic heterocycles. The van der Waals surface area contributed by atoms with Crippen molar-refractivity contribution in [2.45, 2.75) is 58.2 Å². The molecule has 0 aromatic carbocycles. The molecular formula is C14H23N3S. The lowest BCUT2D eigenvalue weighted by atomic mass is 10.2. The zero-order valence-corrected chi connectivity index (χ0v) is 12.4. The summed E-state index contributed by atoms with van der Waals surface area (Å²) < 4.78 is 0. The van der Waals surface area contributed by atoms with Crippen LogP contribution in [0.5, 0.6) is 0 Å². The van der Waals surface area contributed by atoms with Crippen LogP contribution in [0.2, 0.25) is 0 Å². The number of aromatic nitrogens is 1. The lowest BCUT2D eigenvalue weighted by molar-refractivity contribution is 0.314. The van der Waals surface area contributed by atoms with Gasteiger partial charge in [-0.15, -0.1) is 11.3 Å². The van der Waals surface area contributed by atoms with Crippen molar-refractivity contribution in [1.82, 2.24) is 15.2 Å². The summed E-state index contributed by atoms with van der Waals surface area (Å²) in [5, 5.41) is 4.97. The number of nitrogens with zero attached hydrogens (tertiary/aromatic N) is 2. The molecule has 4 heteroatoms. The van der Waals surface area contributed by atoms with Crippen LogP contribution >= 0.6 is 11.3 Å². The monoisotopic (exact) mass is 265 g/mol. The SMILES string of the molecule is Cc1nc(C)c(C(C)NC2CCN(C3CC3)C2)s1. The smallest absolute Gasteiger partial charge is 0.0900 e. The topological polar surface area (TPSA) is 28.2 Å². The minimum absolute atomic E-state index is 0.445. The van der Waals surface area contributed by atoms with Gasteiger partial charge < -0.3 is 5.32 Å². The third-order valence-electron chi connectivity index (χ3n) is 4.10. The van der Waals surface area contributed by atoms with E-state index in [9.17, 15) is 0 Å². The fourth-order valence-electron chi connectivity index (χ4n) is 3.07. The summed E-state index contributed by atoms with van der Waals surface area (Å²) in [6, 6.07) is 2.03.